The molecule has 0 aliphatic heterocycles. The first kappa shape index (κ1) is 19.2. The smallest absolute Gasteiger partial charge is 0.320 e. The molecule has 1 aromatic carbocycles. The second-order valence-corrected chi connectivity index (χ2v) is 7.64. The molecule has 4 heteroatoms. The quantitative estimate of drug-likeness (QED) is 0.609. The molecule has 0 heterocycles. The summed E-state index contributed by atoms with van der Waals surface area (Å²) in [4.78, 5) is 24.8. The van der Waals surface area contributed by atoms with Crippen LogP contribution in [0, 0.1) is 5.92 Å². The number of carbonyl (C=O) groups is 2. The minimum absolute atomic E-state index is 0.369. The van der Waals surface area contributed by atoms with E-state index in [9.17, 15) is 9.59 Å². The fourth-order valence-electron chi connectivity index (χ4n) is 2.03. The summed E-state index contributed by atoms with van der Waals surface area (Å²) >= 11 is 0. The van der Waals surface area contributed by atoms with Crippen molar-refractivity contribution in [1.29, 1.82) is 0 Å². The van der Waals surface area contributed by atoms with Crippen LogP contribution >= 0.6 is 0 Å². The van der Waals surface area contributed by atoms with Crippen LogP contribution in [-0.2, 0) is 25.5 Å². The first-order valence-electron chi connectivity index (χ1n) is 7.97. The van der Waals surface area contributed by atoms with E-state index in [1.165, 1.54) is 0 Å². The van der Waals surface area contributed by atoms with E-state index in [2.05, 4.69) is 0 Å². The molecule has 0 N–H and O–H groups in total. The van der Waals surface area contributed by atoms with E-state index in [1.54, 1.807) is 41.5 Å². The predicted octanol–water partition coefficient (Wildman–Crippen LogP) is 3.92. The molecule has 4 nitrogen and oxygen atoms in total. The SMILES string of the molecule is CC(C)(C)OC(=O)C(CCc1ccccc1)C(=O)OC(C)(C)C. The minimum Gasteiger partial charge on any atom is -0.459 e. The maximum absolute atomic E-state index is 12.4. The van der Waals surface area contributed by atoms with E-state index in [-0.39, 0.29) is 0 Å². The molecule has 0 unspecified atom stereocenters. The molecule has 1 aromatic rings. The summed E-state index contributed by atoms with van der Waals surface area (Å²) in [7, 11) is 0. The van der Waals surface area contributed by atoms with Gasteiger partial charge in [0, 0.05) is 0 Å². The molecule has 0 fully saturated rings. The first-order valence-corrected chi connectivity index (χ1v) is 7.97. The highest BCUT2D eigenvalue weighted by Gasteiger charge is 2.34. The van der Waals surface area contributed by atoms with Gasteiger partial charge in [-0.3, -0.25) is 9.59 Å². The third-order valence-corrected chi connectivity index (χ3v) is 2.95. The third kappa shape index (κ3) is 7.82. The van der Waals surface area contributed by atoms with Crippen molar-refractivity contribution in [2.75, 3.05) is 0 Å². The summed E-state index contributed by atoms with van der Waals surface area (Å²) < 4.78 is 10.8. The zero-order chi connectivity index (χ0) is 17.7. The Labute approximate surface area is 139 Å². The van der Waals surface area contributed by atoms with E-state index in [0.717, 1.165) is 5.56 Å². The molecule has 0 radical (unpaired) electrons. The van der Waals surface area contributed by atoms with E-state index < -0.39 is 29.1 Å². The number of benzene rings is 1. The van der Waals surface area contributed by atoms with Crippen LogP contribution in [0.25, 0.3) is 0 Å². The minimum atomic E-state index is -0.909. The number of hydrogen-bond donors (Lipinski definition) is 0. The summed E-state index contributed by atoms with van der Waals surface area (Å²) in [6.45, 7) is 10.7. The van der Waals surface area contributed by atoms with Gasteiger partial charge in [-0.25, -0.2) is 0 Å². The van der Waals surface area contributed by atoms with Crippen molar-refractivity contribution in [3.8, 4) is 0 Å². The normalized spacial score (nSPS) is 12.1. The number of esters is 2. The molecule has 0 aliphatic rings. The highest BCUT2D eigenvalue weighted by Crippen LogP contribution is 2.20. The first-order chi connectivity index (χ1) is 10.5. The van der Waals surface area contributed by atoms with Crippen molar-refractivity contribution < 1.29 is 19.1 Å². The molecular weight excluding hydrogens is 292 g/mol. The van der Waals surface area contributed by atoms with Crippen LogP contribution in [0.2, 0.25) is 0 Å². The molecule has 0 aliphatic carbocycles. The van der Waals surface area contributed by atoms with Crippen LogP contribution in [0.15, 0.2) is 30.3 Å². The molecule has 1 rings (SSSR count). The molecule has 0 spiro atoms. The topological polar surface area (TPSA) is 52.6 Å². The van der Waals surface area contributed by atoms with Crippen molar-refractivity contribution in [3.05, 3.63) is 35.9 Å². The molecule has 0 saturated carbocycles. The highest BCUT2D eigenvalue weighted by molar-refractivity contribution is 5.95. The molecule has 23 heavy (non-hydrogen) atoms. The summed E-state index contributed by atoms with van der Waals surface area (Å²) in [5.74, 6) is -1.96. The van der Waals surface area contributed by atoms with Gasteiger partial charge in [-0.1, -0.05) is 30.3 Å². The summed E-state index contributed by atoms with van der Waals surface area (Å²) in [6, 6.07) is 9.75. The van der Waals surface area contributed by atoms with Crippen LogP contribution in [0.3, 0.4) is 0 Å². The van der Waals surface area contributed by atoms with Crippen molar-refractivity contribution in [2.24, 2.45) is 5.92 Å². The van der Waals surface area contributed by atoms with Crippen LogP contribution in [0.5, 0.6) is 0 Å². The van der Waals surface area contributed by atoms with E-state index in [1.807, 2.05) is 30.3 Å². The average molecular weight is 320 g/mol. The zero-order valence-electron chi connectivity index (χ0n) is 15.0. The Morgan fingerprint density at radius 3 is 1.70 bits per heavy atom. The Bertz CT molecular complexity index is 493. The summed E-state index contributed by atoms with van der Waals surface area (Å²) in [5, 5.41) is 0. The van der Waals surface area contributed by atoms with Gasteiger partial charge in [-0.15, -0.1) is 0 Å². The summed E-state index contributed by atoms with van der Waals surface area (Å²) in [5.41, 5.74) is -0.196. The Morgan fingerprint density at radius 1 is 0.870 bits per heavy atom. The van der Waals surface area contributed by atoms with Crippen molar-refractivity contribution in [1.82, 2.24) is 0 Å². The van der Waals surface area contributed by atoms with Crippen LogP contribution in [-0.4, -0.2) is 23.1 Å². The van der Waals surface area contributed by atoms with Gasteiger partial charge in [0.25, 0.3) is 0 Å². The lowest BCUT2D eigenvalue weighted by molar-refractivity contribution is -0.174. The Kier molecular flexibility index (Phi) is 6.37. The van der Waals surface area contributed by atoms with Gasteiger partial charge in [-0.05, 0) is 59.9 Å². The number of carbonyl (C=O) groups excluding carboxylic acids is 2. The molecule has 0 bridgehead atoms. The molecule has 0 aromatic heterocycles. The van der Waals surface area contributed by atoms with Crippen LogP contribution in [0.4, 0.5) is 0 Å². The van der Waals surface area contributed by atoms with Crippen molar-refractivity contribution in [3.63, 3.8) is 0 Å². The van der Waals surface area contributed by atoms with Gasteiger partial charge in [-0.2, -0.15) is 0 Å². The fourth-order valence-corrected chi connectivity index (χ4v) is 2.03. The second kappa shape index (κ2) is 7.62. The number of hydrogen-bond acceptors (Lipinski definition) is 4. The van der Waals surface area contributed by atoms with Crippen molar-refractivity contribution >= 4 is 11.9 Å². The third-order valence-electron chi connectivity index (χ3n) is 2.95. The summed E-state index contributed by atoms with van der Waals surface area (Å²) in [6.07, 6.45) is 0.984. The second-order valence-electron chi connectivity index (χ2n) is 7.64. The standard InChI is InChI=1S/C19H28O4/c1-18(2,3)22-16(20)15(17(21)23-19(4,5)6)13-12-14-10-8-7-9-11-14/h7-11,15H,12-13H2,1-6H3. The highest BCUT2D eigenvalue weighted by atomic mass is 16.6. The monoisotopic (exact) mass is 320 g/mol. The molecular formula is C19H28O4. The Morgan fingerprint density at radius 2 is 1.30 bits per heavy atom. The van der Waals surface area contributed by atoms with Gasteiger partial charge in [0.05, 0.1) is 0 Å². The van der Waals surface area contributed by atoms with Gasteiger partial charge in [0.1, 0.15) is 11.2 Å². The Hall–Kier alpha value is -1.84. The molecule has 0 atom stereocenters. The van der Waals surface area contributed by atoms with Gasteiger partial charge in [0.15, 0.2) is 5.92 Å². The maximum Gasteiger partial charge on any atom is 0.320 e. The maximum atomic E-state index is 12.4. The van der Waals surface area contributed by atoms with Crippen molar-refractivity contribution in [2.45, 2.75) is 65.6 Å². The van der Waals surface area contributed by atoms with E-state index >= 15 is 0 Å². The predicted molar refractivity (Wildman–Crippen MR) is 89.9 cm³/mol. The van der Waals surface area contributed by atoms with Crippen LogP contribution < -0.4 is 0 Å². The van der Waals surface area contributed by atoms with Crippen LogP contribution in [0.1, 0.15) is 53.5 Å². The number of rotatable bonds is 5. The molecule has 0 amide bonds. The molecule has 0 saturated heterocycles. The lowest BCUT2D eigenvalue weighted by atomic mass is 9.98. The lowest BCUT2D eigenvalue weighted by Gasteiger charge is -2.26. The largest absolute Gasteiger partial charge is 0.459 e. The van der Waals surface area contributed by atoms with E-state index in [0.29, 0.717) is 12.8 Å². The lowest BCUT2D eigenvalue weighted by Crippen LogP contribution is -2.37. The van der Waals surface area contributed by atoms with Gasteiger partial charge >= 0.3 is 11.9 Å². The Balaban J connectivity index is 2.83. The number of ether oxygens (including phenoxy) is 2. The van der Waals surface area contributed by atoms with Gasteiger partial charge < -0.3 is 9.47 Å². The van der Waals surface area contributed by atoms with E-state index in [4.69, 9.17) is 9.47 Å². The zero-order valence-corrected chi connectivity index (χ0v) is 15.0. The average Bonchev–Trinajstić information content (AvgIpc) is 2.35. The fraction of sp³-hybridized carbons (Fsp3) is 0.579. The molecule has 128 valence electrons. The van der Waals surface area contributed by atoms with Gasteiger partial charge in [0.2, 0.25) is 0 Å². The number of aryl methyl sites for hydroxylation is 1.